The lowest BCUT2D eigenvalue weighted by atomic mass is 9.69. The van der Waals surface area contributed by atoms with E-state index in [9.17, 15) is 5.11 Å². The van der Waals surface area contributed by atoms with Gasteiger partial charge >= 0.3 is 0 Å². The van der Waals surface area contributed by atoms with Crippen molar-refractivity contribution >= 4 is 0 Å². The van der Waals surface area contributed by atoms with E-state index in [-0.39, 0.29) is 0 Å². The van der Waals surface area contributed by atoms with Crippen molar-refractivity contribution in [2.75, 3.05) is 20.1 Å². The standard InChI is InChI=1S/C28H35N3O3/c1-3-4-16-28(34-26-15-10-19-29-30-26,27(32)17-20-31(2)21-18-27)24-13-8-9-14-25(24)33-22-23-11-6-5-7-12-23/h5-15,19,32H,3-4,16-18,20-22H2,1-2H3. The SMILES string of the molecule is CCCCC(Oc1cccnn1)(c1ccccc1OCc1ccccc1)C1(O)CCN(C)CC1. The van der Waals surface area contributed by atoms with Crippen molar-refractivity contribution in [2.24, 2.45) is 0 Å². The van der Waals surface area contributed by atoms with E-state index in [2.05, 4.69) is 29.1 Å². The van der Waals surface area contributed by atoms with E-state index in [0.717, 1.165) is 42.8 Å². The second-order valence-electron chi connectivity index (χ2n) is 9.20. The maximum atomic E-state index is 12.3. The van der Waals surface area contributed by atoms with Gasteiger partial charge in [0, 0.05) is 30.9 Å². The van der Waals surface area contributed by atoms with Crippen LogP contribution < -0.4 is 9.47 Å². The zero-order chi connectivity index (χ0) is 23.9. The Balaban J connectivity index is 1.79. The van der Waals surface area contributed by atoms with Gasteiger partial charge in [-0.2, -0.15) is 5.10 Å². The van der Waals surface area contributed by atoms with E-state index in [1.54, 1.807) is 12.3 Å². The minimum absolute atomic E-state index is 0.406. The van der Waals surface area contributed by atoms with Gasteiger partial charge in [0.05, 0.1) is 0 Å². The topological polar surface area (TPSA) is 67.7 Å². The van der Waals surface area contributed by atoms with Gasteiger partial charge < -0.3 is 19.5 Å². The van der Waals surface area contributed by atoms with Gasteiger partial charge in [-0.3, -0.25) is 0 Å². The number of unbranched alkanes of at least 4 members (excludes halogenated alkanes) is 1. The fraction of sp³-hybridized carbons (Fsp3) is 0.429. The highest BCUT2D eigenvalue weighted by atomic mass is 16.5. The van der Waals surface area contributed by atoms with Crippen molar-refractivity contribution < 1.29 is 14.6 Å². The Kier molecular flexibility index (Phi) is 7.80. The molecule has 4 rings (SSSR count). The number of hydrogen-bond donors (Lipinski definition) is 1. The predicted octanol–water partition coefficient (Wildman–Crippen LogP) is 4.98. The molecule has 0 amide bonds. The molecule has 3 aromatic rings. The molecule has 2 heterocycles. The molecule has 0 aliphatic carbocycles. The monoisotopic (exact) mass is 461 g/mol. The van der Waals surface area contributed by atoms with Crippen LogP contribution in [0.15, 0.2) is 72.9 Å². The second-order valence-corrected chi connectivity index (χ2v) is 9.20. The average molecular weight is 462 g/mol. The van der Waals surface area contributed by atoms with Crippen LogP contribution in [0.1, 0.15) is 50.2 Å². The van der Waals surface area contributed by atoms with Gasteiger partial charge in [0.2, 0.25) is 5.88 Å². The molecule has 1 atom stereocenters. The van der Waals surface area contributed by atoms with E-state index in [0.29, 0.717) is 31.7 Å². The van der Waals surface area contributed by atoms with Gasteiger partial charge in [-0.25, -0.2) is 0 Å². The number of aliphatic hydroxyl groups is 1. The Hall–Kier alpha value is -2.96. The Labute approximate surface area is 202 Å². The van der Waals surface area contributed by atoms with Crippen molar-refractivity contribution in [3.8, 4) is 11.6 Å². The van der Waals surface area contributed by atoms with Crippen LogP contribution in [-0.2, 0) is 12.2 Å². The summed E-state index contributed by atoms with van der Waals surface area (Å²) in [5.41, 5.74) is -0.159. The van der Waals surface area contributed by atoms with Crippen molar-refractivity contribution in [1.82, 2.24) is 15.1 Å². The molecular weight excluding hydrogens is 426 g/mol. The summed E-state index contributed by atoms with van der Waals surface area (Å²) in [6.07, 6.45) is 5.34. The smallest absolute Gasteiger partial charge is 0.234 e. The van der Waals surface area contributed by atoms with E-state index < -0.39 is 11.2 Å². The third kappa shape index (κ3) is 5.24. The molecule has 2 aromatic carbocycles. The lowest BCUT2D eigenvalue weighted by Gasteiger charge is -2.50. The first-order valence-corrected chi connectivity index (χ1v) is 12.2. The Bertz CT molecular complexity index is 1020. The molecule has 1 N–H and O–H groups in total. The molecular formula is C28H35N3O3. The van der Waals surface area contributed by atoms with Crippen molar-refractivity contribution in [3.05, 3.63) is 84.1 Å². The van der Waals surface area contributed by atoms with E-state index in [1.165, 1.54) is 0 Å². The Morgan fingerprint density at radius 3 is 2.44 bits per heavy atom. The molecule has 1 aliphatic rings. The highest BCUT2D eigenvalue weighted by molar-refractivity contribution is 5.42. The number of likely N-dealkylation sites (tertiary alicyclic amines) is 1. The van der Waals surface area contributed by atoms with Gasteiger partial charge in [-0.05, 0) is 50.4 Å². The molecule has 34 heavy (non-hydrogen) atoms. The summed E-state index contributed by atoms with van der Waals surface area (Å²) in [5, 5.41) is 20.5. The number of rotatable bonds is 10. The Morgan fingerprint density at radius 1 is 1.00 bits per heavy atom. The summed E-state index contributed by atoms with van der Waals surface area (Å²) in [6, 6.07) is 21.7. The van der Waals surface area contributed by atoms with Crippen molar-refractivity contribution in [1.29, 1.82) is 0 Å². The zero-order valence-corrected chi connectivity index (χ0v) is 20.2. The predicted molar refractivity (Wildman–Crippen MR) is 133 cm³/mol. The number of aromatic nitrogens is 2. The molecule has 0 saturated carbocycles. The summed E-state index contributed by atoms with van der Waals surface area (Å²) in [4.78, 5) is 2.25. The number of nitrogens with zero attached hydrogens (tertiary/aromatic N) is 3. The van der Waals surface area contributed by atoms with Gasteiger partial charge in [0.25, 0.3) is 0 Å². The zero-order valence-electron chi connectivity index (χ0n) is 20.2. The highest BCUT2D eigenvalue weighted by Gasteiger charge is 2.55. The maximum Gasteiger partial charge on any atom is 0.234 e. The second kappa shape index (κ2) is 11.0. The molecule has 1 aliphatic heterocycles. The first-order valence-electron chi connectivity index (χ1n) is 12.2. The van der Waals surface area contributed by atoms with E-state index >= 15 is 0 Å². The summed E-state index contributed by atoms with van der Waals surface area (Å²) < 4.78 is 13.1. The summed E-state index contributed by atoms with van der Waals surface area (Å²) in [6.45, 7) is 4.18. The minimum atomic E-state index is -1.08. The average Bonchev–Trinajstić information content (AvgIpc) is 2.88. The van der Waals surface area contributed by atoms with Crippen LogP contribution in [0.4, 0.5) is 0 Å². The lowest BCUT2D eigenvalue weighted by Crippen LogP contribution is -2.60. The lowest BCUT2D eigenvalue weighted by molar-refractivity contribution is -0.172. The molecule has 1 unspecified atom stereocenters. The van der Waals surface area contributed by atoms with Gasteiger partial charge in [0.15, 0.2) is 5.60 Å². The third-order valence-corrected chi connectivity index (χ3v) is 6.83. The van der Waals surface area contributed by atoms with Crippen LogP contribution in [0.25, 0.3) is 0 Å². The molecule has 1 saturated heterocycles. The van der Waals surface area contributed by atoms with Crippen LogP contribution in [0.3, 0.4) is 0 Å². The summed E-state index contributed by atoms with van der Waals surface area (Å²) in [7, 11) is 2.09. The fourth-order valence-corrected chi connectivity index (χ4v) is 4.82. The van der Waals surface area contributed by atoms with Gasteiger partial charge in [-0.15, -0.1) is 5.10 Å². The number of hydrogen-bond acceptors (Lipinski definition) is 6. The molecule has 6 heteroatoms. The van der Waals surface area contributed by atoms with Crippen LogP contribution in [0.2, 0.25) is 0 Å². The summed E-state index contributed by atoms with van der Waals surface area (Å²) in [5.74, 6) is 1.13. The highest BCUT2D eigenvalue weighted by Crippen LogP contribution is 2.49. The van der Waals surface area contributed by atoms with Crippen molar-refractivity contribution in [2.45, 2.75) is 56.8 Å². The number of para-hydroxylation sites is 1. The quantitative estimate of drug-likeness (QED) is 0.459. The third-order valence-electron chi connectivity index (χ3n) is 6.83. The molecule has 6 nitrogen and oxygen atoms in total. The maximum absolute atomic E-state index is 12.3. The number of ether oxygens (including phenoxy) is 2. The van der Waals surface area contributed by atoms with E-state index in [1.807, 2.05) is 60.7 Å². The molecule has 0 radical (unpaired) electrons. The van der Waals surface area contributed by atoms with Crippen LogP contribution in [-0.4, -0.2) is 45.9 Å². The molecule has 0 spiro atoms. The first kappa shape index (κ1) is 24.2. The minimum Gasteiger partial charge on any atom is -0.488 e. The van der Waals surface area contributed by atoms with Crippen LogP contribution >= 0.6 is 0 Å². The molecule has 0 bridgehead atoms. The largest absolute Gasteiger partial charge is 0.488 e. The first-order chi connectivity index (χ1) is 16.6. The number of benzene rings is 2. The number of piperidine rings is 1. The summed E-state index contributed by atoms with van der Waals surface area (Å²) >= 11 is 0. The fourth-order valence-electron chi connectivity index (χ4n) is 4.82. The Morgan fingerprint density at radius 2 is 1.74 bits per heavy atom. The van der Waals surface area contributed by atoms with Gasteiger partial charge in [0.1, 0.15) is 18.0 Å². The van der Waals surface area contributed by atoms with Crippen molar-refractivity contribution in [3.63, 3.8) is 0 Å². The molecule has 1 fully saturated rings. The van der Waals surface area contributed by atoms with E-state index in [4.69, 9.17) is 9.47 Å². The molecule has 180 valence electrons. The van der Waals surface area contributed by atoms with Crippen LogP contribution in [0, 0.1) is 0 Å². The molecule has 1 aromatic heterocycles. The van der Waals surface area contributed by atoms with Crippen LogP contribution in [0.5, 0.6) is 11.6 Å². The van der Waals surface area contributed by atoms with Gasteiger partial charge in [-0.1, -0.05) is 61.9 Å². The normalized spacial score (nSPS) is 17.6.